The summed E-state index contributed by atoms with van der Waals surface area (Å²) in [5.41, 5.74) is 0.523. The van der Waals surface area contributed by atoms with Gasteiger partial charge in [-0.05, 0) is 48.4 Å². The van der Waals surface area contributed by atoms with Crippen molar-refractivity contribution < 1.29 is 19.4 Å². The topological polar surface area (TPSA) is 91.6 Å². The van der Waals surface area contributed by atoms with Gasteiger partial charge in [-0.15, -0.1) is 0 Å². The molecular formula is C26H30N2O4. The van der Waals surface area contributed by atoms with Crippen LogP contribution >= 0.6 is 0 Å². The van der Waals surface area contributed by atoms with Crippen LogP contribution in [-0.2, 0) is 16.8 Å². The summed E-state index contributed by atoms with van der Waals surface area (Å²) in [5, 5.41) is 24.8. The minimum absolute atomic E-state index is 0.0207. The largest absolute Gasteiger partial charge is 0.497 e. The normalized spacial score (nSPS) is 29.1. The van der Waals surface area contributed by atoms with Gasteiger partial charge in [-0.1, -0.05) is 30.3 Å². The summed E-state index contributed by atoms with van der Waals surface area (Å²) < 4.78 is 10.8. The monoisotopic (exact) mass is 434 g/mol. The zero-order valence-electron chi connectivity index (χ0n) is 18.6. The molecule has 0 spiro atoms. The Balaban J connectivity index is 1.61. The third-order valence-corrected chi connectivity index (χ3v) is 7.16. The van der Waals surface area contributed by atoms with Gasteiger partial charge in [0.2, 0.25) is 0 Å². The zero-order chi connectivity index (χ0) is 22.7. The lowest BCUT2D eigenvalue weighted by Crippen LogP contribution is -2.48. The first-order valence-corrected chi connectivity index (χ1v) is 11.1. The van der Waals surface area contributed by atoms with Gasteiger partial charge in [-0.2, -0.15) is 5.26 Å². The number of carbonyl (C=O) groups excluding carboxylic acids is 1. The average Bonchev–Trinajstić information content (AvgIpc) is 3.25. The second-order valence-electron chi connectivity index (χ2n) is 8.94. The third kappa shape index (κ3) is 4.11. The number of ether oxygens (including phenoxy) is 2. The van der Waals surface area contributed by atoms with Crippen molar-refractivity contribution in [2.75, 3.05) is 20.8 Å². The highest BCUT2D eigenvalue weighted by Gasteiger charge is 2.55. The van der Waals surface area contributed by atoms with Gasteiger partial charge in [0, 0.05) is 30.9 Å². The standard InChI is InChI=1S/C26H30N2O4/c1-31-19-9-7-17(8-10-19)14-23(29)25-20-13-18(11-12-27)15-26(30,22(20)16-28-25)21-5-3-4-6-24(21)32-2/h3-10,18,20,22,25,28,30H,11,13-16H2,1-2H3/t18-,20-,22-,25?,26-/m1/s1. The number of hydrogen-bond acceptors (Lipinski definition) is 6. The highest BCUT2D eigenvalue weighted by Crippen LogP contribution is 2.52. The highest BCUT2D eigenvalue weighted by molar-refractivity contribution is 5.87. The van der Waals surface area contributed by atoms with Gasteiger partial charge in [0.05, 0.1) is 31.9 Å². The Bertz CT molecular complexity index is 1000. The number of nitriles is 1. The summed E-state index contributed by atoms with van der Waals surface area (Å²) in [7, 11) is 3.22. The fraction of sp³-hybridized carbons (Fsp3) is 0.462. The Morgan fingerprint density at radius 2 is 1.94 bits per heavy atom. The molecule has 0 bridgehead atoms. The van der Waals surface area contributed by atoms with Crippen molar-refractivity contribution in [2.45, 2.75) is 37.3 Å². The van der Waals surface area contributed by atoms with Crippen molar-refractivity contribution in [3.05, 3.63) is 59.7 Å². The van der Waals surface area contributed by atoms with Crippen molar-refractivity contribution in [3.63, 3.8) is 0 Å². The Labute approximate surface area is 189 Å². The number of rotatable bonds is 7. The molecule has 1 aliphatic heterocycles. The van der Waals surface area contributed by atoms with E-state index in [0.29, 0.717) is 31.6 Å². The number of aliphatic hydroxyl groups is 1. The first-order valence-electron chi connectivity index (χ1n) is 11.1. The van der Waals surface area contributed by atoms with Crippen molar-refractivity contribution in [1.29, 1.82) is 5.26 Å². The molecule has 1 saturated carbocycles. The molecule has 2 aromatic carbocycles. The fourth-order valence-electron chi connectivity index (χ4n) is 5.68. The molecule has 1 saturated heterocycles. The molecule has 5 atom stereocenters. The summed E-state index contributed by atoms with van der Waals surface area (Å²) in [6.07, 6.45) is 1.92. The number of carbonyl (C=O) groups is 1. The van der Waals surface area contributed by atoms with Crippen LogP contribution in [0, 0.1) is 29.1 Å². The zero-order valence-corrected chi connectivity index (χ0v) is 18.6. The number of nitrogens with one attached hydrogen (secondary N) is 1. The number of hydrogen-bond donors (Lipinski definition) is 2. The molecule has 1 aliphatic carbocycles. The lowest BCUT2D eigenvalue weighted by Gasteiger charge is -2.46. The van der Waals surface area contributed by atoms with Crippen LogP contribution in [0.1, 0.15) is 30.4 Å². The molecule has 2 aliphatic rings. The molecule has 0 amide bonds. The molecule has 2 aromatic rings. The van der Waals surface area contributed by atoms with Gasteiger partial charge in [0.15, 0.2) is 5.78 Å². The second-order valence-corrected chi connectivity index (χ2v) is 8.94. The van der Waals surface area contributed by atoms with Crippen molar-refractivity contribution in [2.24, 2.45) is 17.8 Å². The van der Waals surface area contributed by atoms with E-state index in [1.807, 2.05) is 48.5 Å². The van der Waals surface area contributed by atoms with E-state index in [0.717, 1.165) is 23.3 Å². The van der Waals surface area contributed by atoms with Crippen LogP contribution < -0.4 is 14.8 Å². The lowest BCUT2D eigenvalue weighted by molar-refractivity contribution is -0.124. The molecule has 1 unspecified atom stereocenters. The molecule has 0 aromatic heterocycles. The molecule has 6 heteroatoms. The van der Waals surface area contributed by atoms with Crippen molar-refractivity contribution in [3.8, 4) is 17.6 Å². The van der Waals surface area contributed by atoms with E-state index in [1.165, 1.54) is 0 Å². The maximum absolute atomic E-state index is 13.3. The molecule has 2 fully saturated rings. The predicted molar refractivity (Wildman–Crippen MR) is 120 cm³/mol. The van der Waals surface area contributed by atoms with E-state index >= 15 is 0 Å². The second kappa shape index (κ2) is 9.32. The number of nitrogens with zero attached hydrogens (tertiary/aromatic N) is 1. The summed E-state index contributed by atoms with van der Waals surface area (Å²) in [6, 6.07) is 17.0. The Kier molecular flexibility index (Phi) is 6.50. The van der Waals surface area contributed by atoms with Crippen molar-refractivity contribution in [1.82, 2.24) is 5.32 Å². The Morgan fingerprint density at radius 1 is 1.19 bits per heavy atom. The van der Waals surface area contributed by atoms with E-state index in [2.05, 4.69) is 11.4 Å². The molecule has 0 radical (unpaired) electrons. The van der Waals surface area contributed by atoms with Crippen LogP contribution in [0.25, 0.3) is 0 Å². The average molecular weight is 435 g/mol. The maximum atomic E-state index is 13.3. The number of benzene rings is 2. The number of ketones is 1. The summed E-state index contributed by atoms with van der Waals surface area (Å²) in [5.74, 6) is 1.37. The van der Waals surface area contributed by atoms with Gasteiger partial charge in [-0.25, -0.2) is 0 Å². The van der Waals surface area contributed by atoms with Gasteiger partial charge in [0.25, 0.3) is 0 Å². The summed E-state index contributed by atoms with van der Waals surface area (Å²) in [4.78, 5) is 13.3. The first kappa shape index (κ1) is 22.3. The Morgan fingerprint density at radius 3 is 2.62 bits per heavy atom. The minimum Gasteiger partial charge on any atom is -0.497 e. The van der Waals surface area contributed by atoms with Crippen LogP contribution in [0.5, 0.6) is 11.5 Å². The first-order chi connectivity index (χ1) is 15.5. The van der Waals surface area contributed by atoms with Gasteiger partial charge >= 0.3 is 0 Å². The highest BCUT2D eigenvalue weighted by atomic mass is 16.5. The number of para-hydroxylation sites is 1. The smallest absolute Gasteiger partial charge is 0.154 e. The SMILES string of the molecule is COc1ccc(CC(=O)C2NC[C@@H]3[C@H]2C[C@@H](CC#N)C[C@@]3(O)c2ccccc2OC)cc1. The summed E-state index contributed by atoms with van der Waals surface area (Å²) >= 11 is 0. The van der Waals surface area contributed by atoms with E-state index in [1.54, 1.807) is 14.2 Å². The van der Waals surface area contributed by atoms with Crippen LogP contribution in [0.2, 0.25) is 0 Å². The minimum atomic E-state index is -1.15. The summed E-state index contributed by atoms with van der Waals surface area (Å²) in [6.45, 7) is 0.553. The molecule has 1 heterocycles. The molecule has 4 rings (SSSR count). The van der Waals surface area contributed by atoms with E-state index in [9.17, 15) is 15.2 Å². The van der Waals surface area contributed by atoms with Gasteiger partial charge in [0.1, 0.15) is 11.5 Å². The van der Waals surface area contributed by atoms with Gasteiger partial charge in [-0.3, -0.25) is 4.79 Å². The predicted octanol–water partition coefficient (Wildman–Crippen LogP) is 3.23. The number of Topliss-reactive ketones (excluding diaryl/α,β-unsaturated/α-hetero) is 1. The quantitative estimate of drug-likeness (QED) is 0.695. The van der Waals surface area contributed by atoms with Crippen LogP contribution in [0.15, 0.2) is 48.5 Å². The molecule has 6 nitrogen and oxygen atoms in total. The van der Waals surface area contributed by atoms with Gasteiger partial charge < -0.3 is 19.9 Å². The fourth-order valence-corrected chi connectivity index (χ4v) is 5.68. The third-order valence-electron chi connectivity index (χ3n) is 7.16. The molecule has 32 heavy (non-hydrogen) atoms. The number of methoxy groups -OCH3 is 2. The van der Waals surface area contributed by atoms with Crippen LogP contribution in [-0.4, -0.2) is 37.7 Å². The van der Waals surface area contributed by atoms with Crippen LogP contribution in [0.3, 0.4) is 0 Å². The van der Waals surface area contributed by atoms with Crippen LogP contribution in [0.4, 0.5) is 0 Å². The number of fused-ring (bicyclic) bond motifs is 1. The lowest BCUT2D eigenvalue weighted by atomic mass is 9.61. The molecule has 2 N–H and O–H groups in total. The molecule has 168 valence electrons. The van der Waals surface area contributed by atoms with Crippen molar-refractivity contribution >= 4 is 5.78 Å². The maximum Gasteiger partial charge on any atom is 0.154 e. The molecular weight excluding hydrogens is 404 g/mol. The van der Waals surface area contributed by atoms with E-state index in [-0.39, 0.29) is 29.6 Å². The van der Waals surface area contributed by atoms with E-state index < -0.39 is 5.60 Å². The van der Waals surface area contributed by atoms with E-state index in [4.69, 9.17) is 9.47 Å². The Hall–Kier alpha value is -2.88.